The molecule has 0 spiro atoms. The number of nitrogens with zero attached hydrogens (tertiary/aromatic N) is 6. The second-order valence-corrected chi connectivity index (χ2v) is 6.59. The van der Waals surface area contributed by atoms with Crippen LogP contribution in [0.25, 0.3) is 17.1 Å². The number of aromatic nitrogens is 6. The molecule has 0 fully saturated rings. The quantitative estimate of drug-likeness (QED) is 0.558. The molecule has 1 aromatic carbocycles. The van der Waals surface area contributed by atoms with E-state index < -0.39 is 0 Å². The summed E-state index contributed by atoms with van der Waals surface area (Å²) in [6, 6.07) is 9.88. The number of anilines is 2. The molecule has 0 atom stereocenters. The number of benzene rings is 1. The van der Waals surface area contributed by atoms with Gasteiger partial charge in [-0.05, 0) is 44.2 Å². The fourth-order valence-corrected chi connectivity index (χ4v) is 3.15. The first kappa shape index (κ1) is 18.6. The van der Waals surface area contributed by atoms with Gasteiger partial charge in [0.05, 0.1) is 12.8 Å². The lowest BCUT2D eigenvalue weighted by atomic mass is 10.1. The van der Waals surface area contributed by atoms with Gasteiger partial charge < -0.3 is 10.1 Å². The zero-order valence-corrected chi connectivity index (χ0v) is 16.5. The van der Waals surface area contributed by atoms with E-state index >= 15 is 0 Å². The lowest BCUT2D eigenvalue weighted by Gasteiger charge is -2.10. The number of hydrogen-bond acceptors (Lipinski definition) is 6. The minimum atomic E-state index is -0.306. The third-order valence-electron chi connectivity index (χ3n) is 4.45. The maximum atomic E-state index is 13.3. The Kier molecular flexibility index (Phi) is 4.71. The van der Waals surface area contributed by atoms with Crippen molar-refractivity contribution >= 4 is 11.6 Å². The Hall–Kier alpha value is -3.75. The first-order valence-electron chi connectivity index (χ1n) is 8.96. The molecular formula is C20H20FN7O. The van der Waals surface area contributed by atoms with Gasteiger partial charge in [0.1, 0.15) is 23.7 Å². The third-order valence-corrected chi connectivity index (χ3v) is 4.45. The summed E-state index contributed by atoms with van der Waals surface area (Å²) in [4.78, 5) is 8.61. The number of rotatable bonds is 5. The first-order valence-corrected chi connectivity index (χ1v) is 8.96. The molecule has 0 aliphatic heterocycles. The van der Waals surface area contributed by atoms with Crippen molar-refractivity contribution in [3.05, 3.63) is 59.9 Å². The lowest BCUT2D eigenvalue weighted by molar-refractivity contribution is 0.418. The summed E-state index contributed by atoms with van der Waals surface area (Å²) in [7, 11) is 3.36. The largest absolute Gasteiger partial charge is 0.491 e. The predicted molar refractivity (Wildman–Crippen MR) is 107 cm³/mol. The number of ether oxygens (including phenoxy) is 1. The normalized spacial score (nSPS) is 10.9. The van der Waals surface area contributed by atoms with Crippen LogP contribution in [0.5, 0.6) is 5.75 Å². The number of nitrogens with one attached hydrogen (secondary N) is 1. The van der Waals surface area contributed by atoms with Crippen molar-refractivity contribution in [3.8, 4) is 22.8 Å². The molecule has 9 heteroatoms. The Morgan fingerprint density at radius 2 is 1.79 bits per heavy atom. The highest BCUT2D eigenvalue weighted by molar-refractivity contribution is 5.76. The fraction of sp³-hybridized carbons (Fsp3) is 0.200. The molecule has 0 saturated carbocycles. The van der Waals surface area contributed by atoms with Crippen LogP contribution in [0.3, 0.4) is 0 Å². The SMILES string of the molecule is COc1c(-c2ccc(F)cc2)nn(C)c1Nc1cc(-n2nc(C)cc2C)ncn1. The van der Waals surface area contributed by atoms with E-state index in [1.165, 1.54) is 18.5 Å². The van der Waals surface area contributed by atoms with Gasteiger partial charge >= 0.3 is 0 Å². The molecular weight excluding hydrogens is 373 g/mol. The summed E-state index contributed by atoms with van der Waals surface area (Å²) < 4.78 is 22.3. The van der Waals surface area contributed by atoms with E-state index in [0.29, 0.717) is 28.9 Å². The van der Waals surface area contributed by atoms with Crippen molar-refractivity contribution in [3.63, 3.8) is 0 Å². The molecule has 0 radical (unpaired) electrons. The van der Waals surface area contributed by atoms with Gasteiger partial charge in [-0.25, -0.2) is 23.7 Å². The Morgan fingerprint density at radius 3 is 2.45 bits per heavy atom. The average Bonchev–Trinajstić information content (AvgIpc) is 3.21. The van der Waals surface area contributed by atoms with Gasteiger partial charge in [-0.1, -0.05) is 0 Å². The monoisotopic (exact) mass is 393 g/mol. The van der Waals surface area contributed by atoms with Crippen molar-refractivity contribution in [1.29, 1.82) is 0 Å². The zero-order chi connectivity index (χ0) is 20.5. The maximum absolute atomic E-state index is 13.3. The van der Waals surface area contributed by atoms with Crippen molar-refractivity contribution in [2.24, 2.45) is 7.05 Å². The minimum absolute atomic E-state index is 0.306. The van der Waals surface area contributed by atoms with Crippen LogP contribution in [-0.2, 0) is 7.05 Å². The van der Waals surface area contributed by atoms with Gasteiger partial charge in [-0.3, -0.25) is 0 Å². The summed E-state index contributed by atoms with van der Waals surface area (Å²) in [6.45, 7) is 3.90. The average molecular weight is 393 g/mol. The Labute approximate surface area is 167 Å². The van der Waals surface area contributed by atoms with Gasteiger partial charge in [0.2, 0.25) is 0 Å². The minimum Gasteiger partial charge on any atom is -0.491 e. The highest BCUT2D eigenvalue weighted by Crippen LogP contribution is 2.37. The molecule has 148 valence electrons. The predicted octanol–water partition coefficient (Wildman–Crippen LogP) is 3.57. The summed E-state index contributed by atoms with van der Waals surface area (Å²) in [5, 5.41) is 12.2. The van der Waals surface area contributed by atoms with Gasteiger partial charge in [0.25, 0.3) is 0 Å². The Bertz CT molecular complexity index is 1160. The van der Waals surface area contributed by atoms with Crippen LogP contribution in [0.2, 0.25) is 0 Å². The highest BCUT2D eigenvalue weighted by Gasteiger charge is 2.19. The molecule has 0 aliphatic rings. The summed E-state index contributed by atoms with van der Waals surface area (Å²) >= 11 is 0. The van der Waals surface area contributed by atoms with E-state index in [1.807, 2.05) is 19.9 Å². The number of aryl methyl sites for hydroxylation is 3. The van der Waals surface area contributed by atoms with Crippen molar-refractivity contribution in [2.45, 2.75) is 13.8 Å². The van der Waals surface area contributed by atoms with Crippen LogP contribution in [-0.4, -0.2) is 36.6 Å². The van der Waals surface area contributed by atoms with Gasteiger partial charge in [-0.2, -0.15) is 10.2 Å². The molecule has 8 nitrogen and oxygen atoms in total. The summed E-state index contributed by atoms with van der Waals surface area (Å²) in [5.74, 6) is 2.05. The smallest absolute Gasteiger partial charge is 0.189 e. The topological polar surface area (TPSA) is 82.7 Å². The van der Waals surface area contributed by atoms with Crippen LogP contribution < -0.4 is 10.1 Å². The molecule has 4 rings (SSSR count). The van der Waals surface area contributed by atoms with Crippen LogP contribution in [0.4, 0.5) is 16.0 Å². The molecule has 1 N–H and O–H groups in total. The van der Waals surface area contributed by atoms with E-state index in [2.05, 4.69) is 25.5 Å². The van der Waals surface area contributed by atoms with E-state index in [9.17, 15) is 4.39 Å². The Morgan fingerprint density at radius 1 is 1.03 bits per heavy atom. The summed E-state index contributed by atoms with van der Waals surface area (Å²) in [5.41, 5.74) is 3.24. The van der Waals surface area contributed by atoms with Crippen molar-refractivity contribution < 1.29 is 9.13 Å². The lowest BCUT2D eigenvalue weighted by Crippen LogP contribution is -2.06. The maximum Gasteiger partial charge on any atom is 0.189 e. The van der Waals surface area contributed by atoms with Crippen molar-refractivity contribution in [2.75, 3.05) is 12.4 Å². The molecule has 0 bridgehead atoms. The highest BCUT2D eigenvalue weighted by atomic mass is 19.1. The van der Waals surface area contributed by atoms with Crippen LogP contribution in [0.15, 0.2) is 42.7 Å². The van der Waals surface area contributed by atoms with Crippen LogP contribution in [0.1, 0.15) is 11.4 Å². The molecule has 4 aromatic rings. The van der Waals surface area contributed by atoms with Crippen LogP contribution in [0, 0.1) is 19.7 Å². The van der Waals surface area contributed by atoms with E-state index in [-0.39, 0.29) is 5.82 Å². The molecule has 0 aliphatic carbocycles. The van der Waals surface area contributed by atoms with E-state index in [4.69, 9.17) is 4.74 Å². The molecule has 29 heavy (non-hydrogen) atoms. The van der Waals surface area contributed by atoms with Crippen LogP contribution >= 0.6 is 0 Å². The number of halogens is 1. The van der Waals surface area contributed by atoms with E-state index in [1.54, 1.807) is 41.7 Å². The second kappa shape index (κ2) is 7.34. The fourth-order valence-electron chi connectivity index (χ4n) is 3.15. The molecule has 3 aromatic heterocycles. The molecule has 0 saturated heterocycles. The van der Waals surface area contributed by atoms with Gasteiger partial charge in [0.15, 0.2) is 17.4 Å². The number of methoxy groups -OCH3 is 1. The molecule has 3 heterocycles. The number of hydrogen-bond donors (Lipinski definition) is 1. The second-order valence-electron chi connectivity index (χ2n) is 6.59. The third kappa shape index (κ3) is 3.54. The summed E-state index contributed by atoms with van der Waals surface area (Å²) in [6.07, 6.45) is 1.47. The van der Waals surface area contributed by atoms with E-state index in [0.717, 1.165) is 17.0 Å². The van der Waals surface area contributed by atoms with Gasteiger partial charge in [-0.15, -0.1) is 0 Å². The van der Waals surface area contributed by atoms with Gasteiger partial charge in [0, 0.05) is 24.4 Å². The first-order chi connectivity index (χ1) is 14.0. The standard InChI is InChI=1S/C20H20FN7O/c1-12-9-13(2)28(25-12)17-10-16(22-11-23-17)24-20-19(29-4)18(26-27(20)3)14-5-7-15(21)8-6-14/h5-11H,1-4H3,(H,22,23,24). The zero-order valence-electron chi connectivity index (χ0n) is 16.5. The Balaban J connectivity index is 1.71. The molecule has 0 amide bonds. The molecule has 0 unspecified atom stereocenters. The van der Waals surface area contributed by atoms with Crippen molar-refractivity contribution in [1.82, 2.24) is 29.5 Å².